The topological polar surface area (TPSA) is 38.3 Å². The molecule has 1 amide bonds. The molecule has 0 saturated heterocycles. The third kappa shape index (κ3) is 2.79. The van der Waals surface area contributed by atoms with Crippen molar-refractivity contribution in [2.45, 2.75) is 37.6 Å². The average Bonchev–Trinajstić information content (AvgIpc) is 3.27. The Labute approximate surface area is 130 Å². The Morgan fingerprint density at radius 3 is 2.65 bits per heavy atom. The van der Waals surface area contributed by atoms with Crippen molar-refractivity contribution in [2.24, 2.45) is 5.92 Å². The van der Waals surface area contributed by atoms with Crippen molar-refractivity contribution in [2.75, 3.05) is 5.32 Å². The Balaban J connectivity index is 2.25. The molecule has 0 spiro atoms. The zero-order valence-corrected chi connectivity index (χ0v) is 12.1. The van der Waals surface area contributed by atoms with E-state index in [0.717, 1.165) is 25.0 Å². The van der Waals surface area contributed by atoms with Crippen LogP contribution in [0.3, 0.4) is 0 Å². The highest BCUT2D eigenvalue weighted by Gasteiger charge is 2.60. The van der Waals surface area contributed by atoms with Crippen molar-refractivity contribution >= 4 is 11.6 Å². The van der Waals surface area contributed by atoms with Gasteiger partial charge in [0.2, 0.25) is 0 Å². The van der Waals surface area contributed by atoms with Gasteiger partial charge in [0.25, 0.3) is 11.5 Å². The molecule has 1 N–H and O–H groups in total. The van der Waals surface area contributed by atoms with Crippen LogP contribution >= 0.6 is 0 Å². The molecule has 1 aromatic rings. The van der Waals surface area contributed by atoms with Crippen LogP contribution in [0.1, 0.15) is 25.3 Å². The quantitative estimate of drug-likeness (QED) is 0.586. The van der Waals surface area contributed by atoms with Gasteiger partial charge in [0.1, 0.15) is 11.9 Å². The number of nitrogens with one attached hydrogen (secondary N) is 1. The van der Waals surface area contributed by atoms with Crippen LogP contribution < -0.4 is 5.32 Å². The number of halogens is 4. The largest absolute Gasteiger partial charge is 0.433 e. The Morgan fingerprint density at radius 2 is 2.04 bits per heavy atom. The molecule has 1 aliphatic carbocycles. The van der Waals surface area contributed by atoms with Gasteiger partial charge in [-0.05, 0) is 38.0 Å². The van der Waals surface area contributed by atoms with Crippen molar-refractivity contribution in [1.82, 2.24) is 0 Å². The first-order valence-corrected chi connectivity index (χ1v) is 7.11. The van der Waals surface area contributed by atoms with Crippen molar-refractivity contribution in [3.63, 3.8) is 0 Å². The summed E-state index contributed by atoms with van der Waals surface area (Å²) < 4.78 is 60.2. The van der Waals surface area contributed by atoms with E-state index in [-0.39, 0.29) is 11.6 Å². The van der Waals surface area contributed by atoms with Crippen molar-refractivity contribution in [3.05, 3.63) is 29.6 Å². The highest BCUT2D eigenvalue weighted by molar-refractivity contribution is 5.95. The molecule has 0 radical (unpaired) electrons. The number of anilines is 1. The normalized spacial score (nSPS) is 27.3. The summed E-state index contributed by atoms with van der Waals surface area (Å²) in [5.41, 5.74) is -3.72. The number of fused-ring (bicyclic) bond motifs is 1. The fourth-order valence-corrected chi connectivity index (χ4v) is 2.35. The minimum absolute atomic E-state index is 0.114. The van der Waals surface area contributed by atoms with Crippen LogP contribution in [0.5, 0.6) is 0 Å². The van der Waals surface area contributed by atoms with E-state index in [4.69, 9.17) is 4.74 Å². The maximum Gasteiger partial charge on any atom is 0.433 e. The van der Waals surface area contributed by atoms with Gasteiger partial charge in [-0.25, -0.2) is 4.39 Å². The second-order valence-corrected chi connectivity index (χ2v) is 5.66. The third-order valence-electron chi connectivity index (χ3n) is 3.77. The lowest BCUT2D eigenvalue weighted by molar-refractivity contribution is -0.266. The molecule has 2 aliphatic rings. The standard InChI is InChI=1S/C16H13F4NO2/c1-9-14(22)21-13-5-4-11(17)8-12(13)15(23-9,16(18,19)20)7-6-10-2-3-10/h4-5,8-10H,2-3H2,1H3,(H,21,22)/t9-,15-/m1/s1. The Bertz CT molecular complexity index is 715. The lowest BCUT2D eigenvalue weighted by Crippen LogP contribution is -2.46. The van der Waals surface area contributed by atoms with Crippen LogP contribution in [0, 0.1) is 23.6 Å². The molecule has 3 nitrogen and oxygen atoms in total. The number of ether oxygens (including phenoxy) is 1. The molecule has 7 heteroatoms. The maximum atomic E-state index is 13.9. The molecule has 122 valence electrons. The van der Waals surface area contributed by atoms with Crippen molar-refractivity contribution in [1.29, 1.82) is 0 Å². The van der Waals surface area contributed by atoms with Crippen LogP contribution in [-0.4, -0.2) is 18.2 Å². The third-order valence-corrected chi connectivity index (χ3v) is 3.77. The number of carbonyl (C=O) groups is 1. The summed E-state index contributed by atoms with van der Waals surface area (Å²) in [5.74, 6) is 2.98. The van der Waals surface area contributed by atoms with Crippen LogP contribution in [0.4, 0.5) is 23.2 Å². The van der Waals surface area contributed by atoms with E-state index < -0.39 is 35.2 Å². The molecule has 0 bridgehead atoms. The smallest absolute Gasteiger partial charge is 0.337 e. The van der Waals surface area contributed by atoms with E-state index >= 15 is 0 Å². The predicted octanol–water partition coefficient (Wildman–Crippen LogP) is 3.35. The second-order valence-electron chi connectivity index (χ2n) is 5.66. The lowest BCUT2D eigenvalue weighted by atomic mass is 9.91. The van der Waals surface area contributed by atoms with Gasteiger partial charge in [-0.2, -0.15) is 13.2 Å². The molecule has 1 aliphatic heterocycles. The molecule has 2 atom stereocenters. The van der Waals surface area contributed by atoms with Crippen LogP contribution in [0.2, 0.25) is 0 Å². The van der Waals surface area contributed by atoms with Crippen LogP contribution in [-0.2, 0) is 15.1 Å². The van der Waals surface area contributed by atoms with Gasteiger partial charge in [0.15, 0.2) is 0 Å². The van der Waals surface area contributed by atoms with Gasteiger partial charge in [-0.1, -0.05) is 11.8 Å². The van der Waals surface area contributed by atoms with Crippen molar-refractivity contribution in [3.8, 4) is 11.8 Å². The van der Waals surface area contributed by atoms with Gasteiger partial charge >= 0.3 is 6.18 Å². The van der Waals surface area contributed by atoms with E-state index in [1.54, 1.807) is 0 Å². The van der Waals surface area contributed by atoms with E-state index in [1.807, 2.05) is 0 Å². The summed E-state index contributed by atoms with van der Waals surface area (Å²) in [6.45, 7) is 1.21. The van der Waals surface area contributed by atoms with Crippen molar-refractivity contribution < 1.29 is 27.1 Å². The summed E-state index contributed by atoms with van der Waals surface area (Å²) in [6, 6.07) is 2.77. The van der Waals surface area contributed by atoms with E-state index in [2.05, 4.69) is 17.2 Å². The Kier molecular flexibility index (Phi) is 3.60. The molecule has 23 heavy (non-hydrogen) atoms. The number of benzene rings is 1. The number of hydrogen-bond acceptors (Lipinski definition) is 2. The number of carbonyl (C=O) groups excluding carboxylic acids is 1. The highest BCUT2D eigenvalue weighted by atomic mass is 19.4. The number of alkyl halides is 3. The van der Waals surface area contributed by atoms with E-state index in [9.17, 15) is 22.4 Å². The minimum atomic E-state index is -4.93. The zero-order chi connectivity index (χ0) is 16.8. The first-order valence-electron chi connectivity index (χ1n) is 7.11. The number of hydrogen-bond donors (Lipinski definition) is 1. The van der Waals surface area contributed by atoms with Gasteiger partial charge in [-0.3, -0.25) is 4.79 Å². The lowest BCUT2D eigenvalue weighted by Gasteiger charge is -2.32. The molecule has 1 fully saturated rings. The monoisotopic (exact) mass is 327 g/mol. The first-order chi connectivity index (χ1) is 10.7. The molecule has 1 heterocycles. The molecule has 1 saturated carbocycles. The predicted molar refractivity (Wildman–Crippen MR) is 73.8 cm³/mol. The maximum absolute atomic E-state index is 13.9. The molecule has 0 aromatic heterocycles. The van der Waals surface area contributed by atoms with E-state index in [1.165, 1.54) is 6.92 Å². The van der Waals surface area contributed by atoms with E-state index in [0.29, 0.717) is 6.07 Å². The van der Waals surface area contributed by atoms with Crippen LogP contribution in [0.15, 0.2) is 18.2 Å². The molecule has 0 unspecified atom stereocenters. The average molecular weight is 327 g/mol. The van der Waals surface area contributed by atoms with Gasteiger partial charge in [0.05, 0.1) is 0 Å². The number of amides is 1. The molecular weight excluding hydrogens is 314 g/mol. The fourth-order valence-electron chi connectivity index (χ4n) is 2.35. The summed E-state index contributed by atoms with van der Waals surface area (Å²) in [4.78, 5) is 11.9. The van der Waals surface area contributed by atoms with Gasteiger partial charge in [-0.15, -0.1) is 0 Å². The highest BCUT2D eigenvalue weighted by Crippen LogP contribution is 2.47. The first kappa shape index (κ1) is 15.8. The fraction of sp³-hybridized carbons (Fsp3) is 0.438. The summed E-state index contributed by atoms with van der Waals surface area (Å²) in [7, 11) is 0. The Hall–Kier alpha value is -2.07. The number of rotatable bonds is 0. The SMILES string of the molecule is C[C@H]1O[C@@](C#CC2CC2)(C(F)(F)F)c2cc(F)ccc2NC1=O. The van der Waals surface area contributed by atoms with Gasteiger partial charge < -0.3 is 10.1 Å². The zero-order valence-electron chi connectivity index (χ0n) is 12.1. The summed E-state index contributed by atoms with van der Waals surface area (Å²) >= 11 is 0. The van der Waals surface area contributed by atoms with Crippen LogP contribution in [0.25, 0.3) is 0 Å². The molecule has 1 aromatic carbocycles. The minimum Gasteiger partial charge on any atom is -0.337 e. The molecular formula is C16H13F4NO2. The second kappa shape index (κ2) is 5.24. The summed E-state index contributed by atoms with van der Waals surface area (Å²) in [5, 5.41) is 2.33. The van der Waals surface area contributed by atoms with Gasteiger partial charge in [0, 0.05) is 17.2 Å². The Morgan fingerprint density at radius 1 is 1.35 bits per heavy atom. The summed E-state index contributed by atoms with van der Waals surface area (Å²) in [6.07, 6.45) is -4.87. The molecule has 3 rings (SSSR count).